The standard InChI is InChI=1S/C11H15NO3/c1-11(2,3)15-10(14)12-8-5-4-7(6-8)9(12)13/h4-5,7-8H,6H2,1-3H3/t7-,8?/m0/s1. The average Bonchev–Trinajstić information content (AvgIpc) is 2.59. The quantitative estimate of drug-likeness (QED) is 0.570. The molecule has 0 saturated carbocycles. The first-order chi connectivity index (χ1) is 6.88. The van der Waals surface area contributed by atoms with E-state index in [9.17, 15) is 9.59 Å². The third-order valence-electron chi connectivity index (χ3n) is 2.54. The summed E-state index contributed by atoms with van der Waals surface area (Å²) in [5.74, 6) is -0.237. The molecule has 0 aromatic heterocycles. The van der Waals surface area contributed by atoms with Gasteiger partial charge in [-0.15, -0.1) is 0 Å². The summed E-state index contributed by atoms with van der Waals surface area (Å²) in [4.78, 5) is 24.6. The first kappa shape index (κ1) is 10.2. The number of fused-ring (bicyclic) bond motifs is 2. The molecule has 82 valence electrons. The summed E-state index contributed by atoms with van der Waals surface area (Å²) in [6.45, 7) is 5.37. The number of ether oxygens (including phenoxy) is 1. The number of carbonyl (C=O) groups is 2. The van der Waals surface area contributed by atoms with Crippen molar-refractivity contribution in [1.29, 1.82) is 0 Å². The number of likely N-dealkylation sites (tertiary alicyclic amines) is 1. The van der Waals surface area contributed by atoms with Crippen molar-refractivity contribution in [3.05, 3.63) is 12.2 Å². The van der Waals surface area contributed by atoms with Gasteiger partial charge in [-0.05, 0) is 27.2 Å². The lowest BCUT2D eigenvalue weighted by Crippen LogP contribution is -2.43. The second-order valence-electron chi connectivity index (χ2n) is 4.98. The van der Waals surface area contributed by atoms with Gasteiger partial charge in [0.1, 0.15) is 5.60 Å². The van der Waals surface area contributed by atoms with E-state index in [1.54, 1.807) is 20.8 Å². The van der Waals surface area contributed by atoms with Gasteiger partial charge in [-0.3, -0.25) is 4.79 Å². The number of imide groups is 1. The normalized spacial score (nSPS) is 28.7. The minimum atomic E-state index is -0.553. The van der Waals surface area contributed by atoms with E-state index in [0.29, 0.717) is 0 Å². The Labute approximate surface area is 88.9 Å². The minimum Gasteiger partial charge on any atom is -0.443 e. The van der Waals surface area contributed by atoms with Crippen LogP contribution in [-0.2, 0) is 9.53 Å². The Kier molecular flexibility index (Phi) is 2.10. The van der Waals surface area contributed by atoms with Gasteiger partial charge in [0.25, 0.3) is 0 Å². The number of hydrogen-bond acceptors (Lipinski definition) is 3. The van der Waals surface area contributed by atoms with E-state index in [4.69, 9.17) is 4.74 Å². The second kappa shape index (κ2) is 3.08. The van der Waals surface area contributed by atoms with Crippen LogP contribution in [0.5, 0.6) is 0 Å². The monoisotopic (exact) mass is 209 g/mol. The fourth-order valence-electron chi connectivity index (χ4n) is 1.93. The summed E-state index contributed by atoms with van der Waals surface area (Å²) in [5.41, 5.74) is -0.553. The van der Waals surface area contributed by atoms with Gasteiger partial charge in [-0.1, -0.05) is 12.2 Å². The van der Waals surface area contributed by atoms with Crippen LogP contribution in [0.2, 0.25) is 0 Å². The largest absolute Gasteiger partial charge is 0.443 e. The highest BCUT2D eigenvalue weighted by atomic mass is 16.6. The molecule has 1 unspecified atom stereocenters. The molecular weight excluding hydrogens is 194 g/mol. The van der Waals surface area contributed by atoms with Gasteiger partial charge in [0, 0.05) is 0 Å². The Bertz CT molecular complexity index is 340. The molecule has 4 nitrogen and oxygen atoms in total. The van der Waals surface area contributed by atoms with Crippen LogP contribution in [0, 0.1) is 5.92 Å². The molecule has 2 aliphatic rings. The third-order valence-corrected chi connectivity index (χ3v) is 2.54. The summed E-state index contributed by atoms with van der Waals surface area (Å²) in [6, 6.07) is -0.0858. The number of amides is 2. The fourth-order valence-corrected chi connectivity index (χ4v) is 1.93. The molecule has 15 heavy (non-hydrogen) atoms. The molecule has 1 fully saturated rings. The zero-order chi connectivity index (χ0) is 11.2. The van der Waals surface area contributed by atoms with E-state index in [2.05, 4.69) is 0 Å². The molecule has 2 atom stereocenters. The van der Waals surface area contributed by atoms with Gasteiger partial charge in [0.2, 0.25) is 5.91 Å². The molecule has 1 heterocycles. The second-order valence-corrected chi connectivity index (χ2v) is 4.98. The van der Waals surface area contributed by atoms with Gasteiger partial charge >= 0.3 is 6.09 Å². The van der Waals surface area contributed by atoms with Gasteiger partial charge < -0.3 is 4.74 Å². The number of hydrogen-bond donors (Lipinski definition) is 0. The molecule has 0 radical (unpaired) electrons. The molecule has 0 aromatic carbocycles. The van der Waals surface area contributed by atoms with E-state index in [0.717, 1.165) is 6.42 Å². The zero-order valence-electron chi connectivity index (χ0n) is 9.19. The van der Waals surface area contributed by atoms with Crippen molar-refractivity contribution in [2.75, 3.05) is 0 Å². The van der Waals surface area contributed by atoms with Crippen molar-refractivity contribution in [2.24, 2.45) is 5.92 Å². The molecule has 2 bridgehead atoms. The maximum atomic E-state index is 11.7. The molecule has 2 rings (SSSR count). The van der Waals surface area contributed by atoms with Crippen molar-refractivity contribution in [1.82, 2.24) is 4.90 Å². The van der Waals surface area contributed by atoms with Crippen molar-refractivity contribution in [3.63, 3.8) is 0 Å². The summed E-state index contributed by atoms with van der Waals surface area (Å²) in [6.07, 6.45) is 3.96. The highest BCUT2D eigenvalue weighted by Crippen LogP contribution is 2.33. The van der Waals surface area contributed by atoms with Gasteiger partial charge in [-0.25, -0.2) is 9.69 Å². The lowest BCUT2D eigenvalue weighted by molar-refractivity contribution is -0.130. The van der Waals surface area contributed by atoms with E-state index in [-0.39, 0.29) is 17.9 Å². The average molecular weight is 209 g/mol. The highest BCUT2D eigenvalue weighted by molar-refractivity contribution is 5.98. The molecular formula is C11H15NO3. The van der Waals surface area contributed by atoms with Gasteiger partial charge in [-0.2, -0.15) is 0 Å². The van der Waals surface area contributed by atoms with Crippen LogP contribution in [0.15, 0.2) is 12.2 Å². The number of carbonyl (C=O) groups excluding carboxylic acids is 2. The molecule has 1 saturated heterocycles. The summed E-state index contributed by atoms with van der Waals surface area (Å²) in [5, 5.41) is 0. The SMILES string of the molecule is CC(C)(C)OC(=O)N1C(=O)[C@H]2C=CC1C2. The maximum absolute atomic E-state index is 11.7. The van der Waals surface area contributed by atoms with Crippen LogP contribution in [0.3, 0.4) is 0 Å². The number of nitrogens with zero attached hydrogens (tertiary/aromatic N) is 1. The van der Waals surface area contributed by atoms with Crippen molar-refractivity contribution >= 4 is 12.0 Å². The van der Waals surface area contributed by atoms with E-state index in [1.165, 1.54) is 4.90 Å². The Morgan fingerprint density at radius 3 is 2.60 bits per heavy atom. The predicted molar refractivity (Wildman–Crippen MR) is 54.1 cm³/mol. The lowest BCUT2D eigenvalue weighted by atomic mass is 10.1. The Morgan fingerprint density at radius 2 is 2.13 bits per heavy atom. The number of rotatable bonds is 0. The van der Waals surface area contributed by atoms with Crippen molar-refractivity contribution in [3.8, 4) is 0 Å². The highest BCUT2D eigenvalue weighted by Gasteiger charge is 2.45. The molecule has 1 aliphatic heterocycles. The first-order valence-electron chi connectivity index (χ1n) is 5.13. The molecule has 0 aromatic rings. The Hall–Kier alpha value is -1.32. The predicted octanol–water partition coefficient (Wildman–Crippen LogP) is 1.71. The van der Waals surface area contributed by atoms with Crippen LogP contribution in [0.4, 0.5) is 4.79 Å². The van der Waals surface area contributed by atoms with Crippen LogP contribution < -0.4 is 0 Å². The van der Waals surface area contributed by atoms with E-state index in [1.807, 2.05) is 12.2 Å². The van der Waals surface area contributed by atoms with Crippen LogP contribution in [-0.4, -0.2) is 28.5 Å². The molecule has 2 amide bonds. The molecule has 0 N–H and O–H groups in total. The van der Waals surface area contributed by atoms with Crippen molar-refractivity contribution < 1.29 is 14.3 Å². The van der Waals surface area contributed by atoms with Crippen LogP contribution >= 0.6 is 0 Å². The summed E-state index contributed by atoms with van der Waals surface area (Å²) < 4.78 is 5.18. The summed E-state index contributed by atoms with van der Waals surface area (Å²) in [7, 11) is 0. The van der Waals surface area contributed by atoms with Crippen molar-refractivity contribution in [2.45, 2.75) is 38.8 Å². The molecule has 0 spiro atoms. The maximum Gasteiger partial charge on any atom is 0.417 e. The Balaban J connectivity index is 2.09. The zero-order valence-corrected chi connectivity index (χ0v) is 9.19. The third kappa shape index (κ3) is 1.76. The van der Waals surface area contributed by atoms with E-state index >= 15 is 0 Å². The van der Waals surface area contributed by atoms with Crippen LogP contribution in [0.25, 0.3) is 0 Å². The van der Waals surface area contributed by atoms with Gasteiger partial charge in [0.15, 0.2) is 0 Å². The molecule has 4 heteroatoms. The topological polar surface area (TPSA) is 46.6 Å². The Morgan fingerprint density at radius 1 is 1.47 bits per heavy atom. The lowest BCUT2D eigenvalue weighted by Gasteiger charge is -2.26. The fraction of sp³-hybridized carbons (Fsp3) is 0.636. The van der Waals surface area contributed by atoms with Gasteiger partial charge in [0.05, 0.1) is 12.0 Å². The molecule has 1 aliphatic carbocycles. The van der Waals surface area contributed by atoms with Crippen LogP contribution in [0.1, 0.15) is 27.2 Å². The van der Waals surface area contributed by atoms with E-state index < -0.39 is 11.7 Å². The smallest absolute Gasteiger partial charge is 0.417 e. The first-order valence-corrected chi connectivity index (χ1v) is 5.13. The summed E-state index contributed by atoms with van der Waals surface area (Å²) >= 11 is 0. The minimum absolute atomic E-state index is 0.0858.